The molecule has 2 saturated carbocycles. The molecule has 2 aliphatic carbocycles. The SMILES string of the molecule is CC(C)(C)OC(=O)N1CCC2(CCCC2=O)CC1.CCC(O)C1CCC2(CCN(C(=O)OC(C)(C)C)CC2)C1=O. The third kappa shape index (κ3) is 7.77. The summed E-state index contributed by atoms with van der Waals surface area (Å²) in [6, 6.07) is 0. The highest BCUT2D eigenvalue weighted by atomic mass is 16.6. The molecule has 0 aromatic rings. The van der Waals surface area contributed by atoms with E-state index in [0.29, 0.717) is 51.2 Å². The molecule has 1 N–H and O–H groups in total. The molecular formula is C31H52N2O7. The van der Waals surface area contributed by atoms with E-state index < -0.39 is 17.3 Å². The van der Waals surface area contributed by atoms with Gasteiger partial charge in [0.25, 0.3) is 0 Å². The van der Waals surface area contributed by atoms with Crippen molar-refractivity contribution in [3.8, 4) is 0 Å². The maximum absolute atomic E-state index is 12.7. The van der Waals surface area contributed by atoms with Crippen LogP contribution < -0.4 is 0 Å². The third-order valence-corrected chi connectivity index (χ3v) is 9.07. The molecule has 2 unspecified atom stereocenters. The Morgan fingerprint density at radius 3 is 1.65 bits per heavy atom. The predicted octanol–water partition coefficient (Wildman–Crippen LogP) is 5.51. The second-order valence-electron chi connectivity index (χ2n) is 14.3. The molecule has 9 nitrogen and oxygen atoms in total. The zero-order valence-corrected chi connectivity index (χ0v) is 25.8. The Morgan fingerprint density at radius 2 is 1.27 bits per heavy atom. The lowest BCUT2D eigenvalue weighted by Gasteiger charge is -2.39. The van der Waals surface area contributed by atoms with Crippen LogP contribution in [0.2, 0.25) is 0 Å². The van der Waals surface area contributed by atoms with E-state index in [4.69, 9.17) is 9.47 Å². The average molecular weight is 565 g/mol. The maximum Gasteiger partial charge on any atom is 0.410 e. The van der Waals surface area contributed by atoms with E-state index in [1.807, 2.05) is 48.5 Å². The van der Waals surface area contributed by atoms with Gasteiger partial charge < -0.3 is 24.4 Å². The first-order valence-corrected chi connectivity index (χ1v) is 15.2. The minimum Gasteiger partial charge on any atom is -0.444 e. The van der Waals surface area contributed by atoms with E-state index in [1.165, 1.54) is 0 Å². The molecule has 0 radical (unpaired) electrons. The van der Waals surface area contributed by atoms with Crippen LogP contribution in [0, 0.1) is 16.7 Å². The number of likely N-dealkylation sites (tertiary alicyclic amines) is 2. The second-order valence-corrected chi connectivity index (χ2v) is 14.3. The molecule has 0 bridgehead atoms. The fourth-order valence-corrected chi connectivity index (χ4v) is 6.64. The molecule has 0 aromatic heterocycles. The molecule has 2 heterocycles. The van der Waals surface area contributed by atoms with Crippen LogP contribution in [0.25, 0.3) is 0 Å². The van der Waals surface area contributed by atoms with Crippen molar-refractivity contribution in [3.63, 3.8) is 0 Å². The molecule has 4 aliphatic rings. The van der Waals surface area contributed by atoms with Crippen molar-refractivity contribution in [1.82, 2.24) is 9.80 Å². The Kier molecular flexibility index (Phi) is 10.0. The first-order chi connectivity index (χ1) is 18.5. The van der Waals surface area contributed by atoms with Gasteiger partial charge in [-0.05, 0) is 99.3 Å². The lowest BCUT2D eigenvalue weighted by atomic mass is 9.75. The highest BCUT2D eigenvalue weighted by Gasteiger charge is 2.51. The van der Waals surface area contributed by atoms with E-state index >= 15 is 0 Å². The van der Waals surface area contributed by atoms with Crippen LogP contribution in [-0.2, 0) is 19.1 Å². The molecular weight excluding hydrogens is 512 g/mol. The number of piperidine rings is 2. The first kappa shape index (κ1) is 32.4. The van der Waals surface area contributed by atoms with Crippen molar-refractivity contribution in [2.24, 2.45) is 16.7 Å². The molecule has 2 aliphatic heterocycles. The van der Waals surface area contributed by atoms with Gasteiger partial charge in [-0.3, -0.25) is 9.59 Å². The van der Waals surface area contributed by atoms with Crippen molar-refractivity contribution in [1.29, 1.82) is 0 Å². The van der Waals surface area contributed by atoms with Crippen LogP contribution in [0.3, 0.4) is 0 Å². The molecule has 2 atom stereocenters. The molecule has 2 spiro atoms. The van der Waals surface area contributed by atoms with E-state index in [2.05, 4.69) is 0 Å². The number of rotatable bonds is 2. The number of Topliss-reactive ketones (excluding diaryl/α,β-unsaturated/α-hetero) is 2. The van der Waals surface area contributed by atoms with Gasteiger partial charge in [0.2, 0.25) is 0 Å². The van der Waals surface area contributed by atoms with Crippen LogP contribution in [0.1, 0.15) is 113 Å². The zero-order valence-electron chi connectivity index (χ0n) is 25.8. The number of hydrogen-bond donors (Lipinski definition) is 1. The fourth-order valence-electron chi connectivity index (χ4n) is 6.64. The molecule has 4 rings (SSSR count). The molecule has 40 heavy (non-hydrogen) atoms. The summed E-state index contributed by atoms with van der Waals surface area (Å²) in [5.74, 6) is 0.412. The van der Waals surface area contributed by atoms with Crippen LogP contribution in [0.5, 0.6) is 0 Å². The van der Waals surface area contributed by atoms with Gasteiger partial charge in [-0.25, -0.2) is 9.59 Å². The summed E-state index contributed by atoms with van der Waals surface area (Å²) in [6.07, 6.45) is 6.95. The average Bonchev–Trinajstić information content (AvgIpc) is 3.37. The van der Waals surface area contributed by atoms with E-state index in [0.717, 1.165) is 44.9 Å². The van der Waals surface area contributed by atoms with Crippen molar-refractivity contribution < 1.29 is 33.8 Å². The van der Waals surface area contributed by atoms with Crippen LogP contribution in [0.4, 0.5) is 9.59 Å². The Hall–Kier alpha value is -2.16. The van der Waals surface area contributed by atoms with E-state index in [-0.39, 0.29) is 34.7 Å². The van der Waals surface area contributed by atoms with Gasteiger partial charge in [0, 0.05) is 49.3 Å². The minimum atomic E-state index is -0.518. The third-order valence-electron chi connectivity index (χ3n) is 9.07. The summed E-state index contributed by atoms with van der Waals surface area (Å²) < 4.78 is 10.8. The van der Waals surface area contributed by atoms with Crippen molar-refractivity contribution in [3.05, 3.63) is 0 Å². The van der Waals surface area contributed by atoms with Crippen molar-refractivity contribution in [2.75, 3.05) is 26.2 Å². The second kappa shape index (κ2) is 12.4. The van der Waals surface area contributed by atoms with Gasteiger partial charge in [0.1, 0.15) is 22.8 Å². The lowest BCUT2D eigenvalue weighted by Crippen LogP contribution is -2.47. The topological polar surface area (TPSA) is 113 Å². The first-order valence-electron chi connectivity index (χ1n) is 15.2. The predicted molar refractivity (Wildman–Crippen MR) is 152 cm³/mol. The van der Waals surface area contributed by atoms with Gasteiger partial charge >= 0.3 is 12.2 Å². The zero-order chi connectivity index (χ0) is 29.9. The number of hydrogen-bond acceptors (Lipinski definition) is 7. The number of ketones is 2. The number of aliphatic hydroxyl groups is 1. The number of amides is 2. The standard InChI is InChI=1S/C17H29NO4.C14H23NO3/c1-5-13(19)12-6-7-17(14(12)20)8-10-18(11-9-17)15(21)22-16(2,3)4;1-13(2,3)18-12(17)15-9-7-14(8-10-15)6-4-5-11(14)16/h12-13,19H,5-11H2,1-4H3;4-10H2,1-3H3. The quantitative estimate of drug-likeness (QED) is 0.470. The highest BCUT2D eigenvalue weighted by molar-refractivity contribution is 5.90. The lowest BCUT2D eigenvalue weighted by molar-refractivity contribution is -0.134. The Morgan fingerprint density at radius 1 is 0.825 bits per heavy atom. The number of ether oxygens (including phenoxy) is 2. The molecule has 2 saturated heterocycles. The number of aliphatic hydroxyl groups excluding tert-OH is 1. The summed E-state index contributed by atoms with van der Waals surface area (Å²) in [7, 11) is 0. The van der Waals surface area contributed by atoms with Gasteiger partial charge in [-0.15, -0.1) is 0 Å². The molecule has 4 fully saturated rings. The monoisotopic (exact) mass is 564 g/mol. The molecule has 9 heteroatoms. The molecule has 228 valence electrons. The summed E-state index contributed by atoms with van der Waals surface area (Å²) in [5, 5.41) is 10.0. The normalized spacial score (nSPS) is 25.1. The number of carbonyl (C=O) groups is 4. The van der Waals surface area contributed by atoms with Crippen LogP contribution in [0.15, 0.2) is 0 Å². The summed E-state index contributed by atoms with van der Waals surface area (Å²) in [6.45, 7) is 15.5. The number of nitrogens with zero attached hydrogens (tertiary/aromatic N) is 2. The van der Waals surface area contributed by atoms with Crippen molar-refractivity contribution >= 4 is 23.8 Å². The largest absolute Gasteiger partial charge is 0.444 e. The van der Waals surface area contributed by atoms with Crippen LogP contribution >= 0.6 is 0 Å². The summed E-state index contributed by atoms with van der Waals surface area (Å²) in [5.41, 5.74) is -1.38. The minimum absolute atomic E-state index is 0.113. The summed E-state index contributed by atoms with van der Waals surface area (Å²) >= 11 is 0. The Bertz CT molecular complexity index is 932. The van der Waals surface area contributed by atoms with Gasteiger partial charge in [0.15, 0.2) is 0 Å². The fraction of sp³-hybridized carbons (Fsp3) is 0.871. The van der Waals surface area contributed by atoms with Gasteiger partial charge in [-0.2, -0.15) is 0 Å². The van der Waals surface area contributed by atoms with Gasteiger partial charge in [-0.1, -0.05) is 6.92 Å². The van der Waals surface area contributed by atoms with E-state index in [1.54, 1.807) is 9.80 Å². The Balaban J connectivity index is 0.000000225. The summed E-state index contributed by atoms with van der Waals surface area (Å²) in [4.78, 5) is 52.1. The molecule has 0 aromatic carbocycles. The maximum atomic E-state index is 12.7. The molecule has 2 amide bonds. The van der Waals surface area contributed by atoms with Crippen molar-refractivity contribution in [2.45, 2.75) is 130 Å². The van der Waals surface area contributed by atoms with Gasteiger partial charge in [0.05, 0.1) is 6.10 Å². The Labute approximate surface area is 240 Å². The highest BCUT2D eigenvalue weighted by Crippen LogP contribution is 2.47. The van der Waals surface area contributed by atoms with Crippen LogP contribution in [-0.4, -0.2) is 82.1 Å². The van der Waals surface area contributed by atoms with E-state index in [9.17, 15) is 24.3 Å². The smallest absolute Gasteiger partial charge is 0.410 e. The number of carbonyl (C=O) groups excluding carboxylic acids is 4.